The van der Waals surface area contributed by atoms with E-state index in [9.17, 15) is 0 Å². The van der Waals surface area contributed by atoms with Crippen molar-refractivity contribution in [2.45, 2.75) is 38.8 Å². The van der Waals surface area contributed by atoms with Crippen LogP contribution in [0.1, 0.15) is 33.9 Å². The lowest BCUT2D eigenvalue weighted by atomic mass is 10.1. The molecular formula is C30H40N14. The Hall–Kier alpha value is -5.40. The van der Waals surface area contributed by atoms with Gasteiger partial charge in [-0.3, -0.25) is 0 Å². The summed E-state index contributed by atoms with van der Waals surface area (Å²) >= 11 is 0. The Balaban J connectivity index is 1.17. The van der Waals surface area contributed by atoms with Crippen LogP contribution in [-0.4, -0.2) is 78.0 Å². The number of hydrogen-bond acceptors (Lipinski definition) is 6. The number of H-pyrrole nitrogens is 4. The van der Waals surface area contributed by atoms with Crippen LogP contribution in [0.5, 0.6) is 0 Å². The molecule has 0 amide bonds. The molecule has 0 saturated heterocycles. The summed E-state index contributed by atoms with van der Waals surface area (Å²) in [6.07, 6.45) is 17.4. The first kappa shape index (κ1) is 30.1. The number of nitrogens with zero attached hydrogens (tertiary/aromatic N) is 6. The standard InChI is InChI=1S/C30H40N14/c1-2-23(13-39-29(35-8-4-25-15-31-19-41-25)36-9-5-26-16-32-20-42-26)12-24(3-1)14-40-30(37-10-6-27-17-33-21-43-27)38-11-7-28-18-34-22-44-28/h1-3,12,15-22H,4-11,13-14H2,(H,31,41)(H,32,42)(H,33,43)(H,34,44)(H2,35,36,39)(H2,37,38,40). The van der Waals surface area contributed by atoms with Crippen LogP contribution in [0.25, 0.3) is 0 Å². The number of aromatic amines is 4. The van der Waals surface area contributed by atoms with Crippen molar-refractivity contribution in [1.29, 1.82) is 0 Å². The van der Waals surface area contributed by atoms with Crippen LogP contribution in [0.3, 0.4) is 0 Å². The molecule has 0 saturated carbocycles. The van der Waals surface area contributed by atoms with E-state index in [-0.39, 0.29) is 0 Å². The van der Waals surface area contributed by atoms with Gasteiger partial charge in [-0.15, -0.1) is 0 Å². The average Bonchev–Trinajstić information content (AvgIpc) is 3.88. The quantitative estimate of drug-likeness (QED) is 0.0623. The first-order valence-corrected chi connectivity index (χ1v) is 14.8. The van der Waals surface area contributed by atoms with E-state index in [1.165, 1.54) is 0 Å². The summed E-state index contributed by atoms with van der Waals surface area (Å²) in [5, 5.41) is 13.7. The third kappa shape index (κ3) is 10.5. The second kappa shape index (κ2) is 16.9. The van der Waals surface area contributed by atoms with E-state index >= 15 is 0 Å². The fourth-order valence-corrected chi connectivity index (χ4v) is 4.46. The summed E-state index contributed by atoms with van der Waals surface area (Å²) in [7, 11) is 0. The summed E-state index contributed by atoms with van der Waals surface area (Å²) < 4.78 is 0. The van der Waals surface area contributed by atoms with Gasteiger partial charge >= 0.3 is 0 Å². The van der Waals surface area contributed by atoms with Gasteiger partial charge in [0.25, 0.3) is 0 Å². The van der Waals surface area contributed by atoms with Crippen LogP contribution in [0.4, 0.5) is 0 Å². The van der Waals surface area contributed by atoms with Crippen molar-refractivity contribution in [3.63, 3.8) is 0 Å². The van der Waals surface area contributed by atoms with E-state index in [1.54, 1.807) is 25.3 Å². The summed E-state index contributed by atoms with van der Waals surface area (Å²) in [4.78, 5) is 38.7. The van der Waals surface area contributed by atoms with Crippen LogP contribution in [0.15, 0.2) is 84.3 Å². The van der Waals surface area contributed by atoms with E-state index < -0.39 is 0 Å². The van der Waals surface area contributed by atoms with Crippen LogP contribution in [0.2, 0.25) is 0 Å². The third-order valence-electron chi connectivity index (χ3n) is 6.80. The number of benzene rings is 1. The SMILES string of the molecule is c1cc(CN=C(NCCc2cnc[nH]2)NCCc2cnc[nH]2)cc(CN=C(NCCc2cnc[nH]2)NCCc2cnc[nH]2)c1. The van der Waals surface area contributed by atoms with Gasteiger partial charge in [0.2, 0.25) is 0 Å². The fourth-order valence-electron chi connectivity index (χ4n) is 4.46. The molecule has 0 aliphatic rings. The summed E-state index contributed by atoms with van der Waals surface area (Å²) in [6, 6.07) is 8.40. The largest absolute Gasteiger partial charge is 0.356 e. The normalized spacial score (nSPS) is 10.7. The first-order chi connectivity index (χ1) is 21.8. The van der Waals surface area contributed by atoms with E-state index in [4.69, 9.17) is 9.98 Å². The molecule has 0 fully saturated rings. The summed E-state index contributed by atoms with van der Waals surface area (Å²) in [5.41, 5.74) is 6.54. The zero-order valence-electron chi connectivity index (χ0n) is 24.7. The second-order valence-electron chi connectivity index (χ2n) is 10.2. The molecule has 14 heteroatoms. The minimum Gasteiger partial charge on any atom is -0.356 e. The number of imidazole rings is 4. The zero-order chi connectivity index (χ0) is 30.1. The summed E-state index contributed by atoms with van der Waals surface area (Å²) in [6.45, 7) is 4.01. The maximum atomic E-state index is 4.86. The average molecular weight is 597 g/mol. The van der Waals surface area contributed by atoms with Gasteiger partial charge in [-0.2, -0.15) is 0 Å². The van der Waals surface area contributed by atoms with Gasteiger partial charge < -0.3 is 41.2 Å². The molecule has 5 rings (SSSR count). The smallest absolute Gasteiger partial charge is 0.191 e. The van der Waals surface area contributed by atoms with Crippen molar-refractivity contribution in [3.8, 4) is 0 Å². The molecule has 4 aromatic heterocycles. The minimum absolute atomic E-state index is 0.540. The highest BCUT2D eigenvalue weighted by molar-refractivity contribution is 5.80. The molecule has 44 heavy (non-hydrogen) atoms. The highest BCUT2D eigenvalue weighted by Crippen LogP contribution is 2.08. The van der Waals surface area contributed by atoms with Gasteiger partial charge in [-0.05, 0) is 11.1 Å². The van der Waals surface area contributed by atoms with Gasteiger partial charge in [0, 0.05) is 99.4 Å². The maximum Gasteiger partial charge on any atom is 0.191 e. The van der Waals surface area contributed by atoms with Gasteiger partial charge in [-0.25, -0.2) is 29.9 Å². The van der Waals surface area contributed by atoms with Gasteiger partial charge in [0.15, 0.2) is 11.9 Å². The summed E-state index contributed by atoms with van der Waals surface area (Å²) in [5.74, 6) is 1.52. The van der Waals surface area contributed by atoms with E-state index in [0.717, 1.165) is 97.7 Å². The molecule has 4 heterocycles. The molecule has 0 spiro atoms. The van der Waals surface area contributed by atoms with Crippen LogP contribution >= 0.6 is 0 Å². The molecule has 0 unspecified atom stereocenters. The number of aromatic nitrogens is 8. The lowest BCUT2D eigenvalue weighted by Crippen LogP contribution is -2.39. The van der Waals surface area contributed by atoms with Crippen LogP contribution in [-0.2, 0) is 38.8 Å². The monoisotopic (exact) mass is 596 g/mol. The van der Waals surface area contributed by atoms with Crippen molar-refractivity contribution < 1.29 is 0 Å². The molecule has 0 aliphatic heterocycles. The number of rotatable bonds is 16. The maximum absolute atomic E-state index is 4.86. The molecule has 0 atom stereocenters. The predicted molar refractivity (Wildman–Crippen MR) is 170 cm³/mol. The number of aliphatic imine (C=N–C) groups is 2. The molecule has 230 valence electrons. The molecule has 0 aliphatic carbocycles. The molecule has 14 nitrogen and oxygen atoms in total. The van der Waals surface area contributed by atoms with Crippen molar-refractivity contribution in [2.24, 2.45) is 9.98 Å². The van der Waals surface area contributed by atoms with Gasteiger partial charge in [0.1, 0.15) is 0 Å². The molecule has 0 bridgehead atoms. The van der Waals surface area contributed by atoms with E-state index in [2.05, 4.69) is 85.4 Å². The van der Waals surface area contributed by atoms with Crippen molar-refractivity contribution in [3.05, 3.63) is 108 Å². The molecule has 5 aromatic rings. The number of hydrogen-bond donors (Lipinski definition) is 8. The predicted octanol–water partition coefficient (Wildman–Crippen LogP) is 1.62. The lowest BCUT2D eigenvalue weighted by Gasteiger charge is -2.13. The topological polar surface area (TPSA) is 188 Å². The zero-order valence-corrected chi connectivity index (χ0v) is 24.7. The lowest BCUT2D eigenvalue weighted by molar-refractivity contribution is 0.764. The second-order valence-corrected chi connectivity index (χ2v) is 10.2. The third-order valence-corrected chi connectivity index (χ3v) is 6.80. The molecule has 0 radical (unpaired) electrons. The Morgan fingerprint density at radius 3 is 1.16 bits per heavy atom. The Morgan fingerprint density at radius 2 is 0.864 bits per heavy atom. The fraction of sp³-hybridized carbons (Fsp3) is 0.333. The van der Waals surface area contributed by atoms with Gasteiger partial charge in [-0.1, -0.05) is 24.3 Å². The number of guanidine groups is 2. The number of nitrogens with one attached hydrogen (secondary N) is 8. The van der Waals surface area contributed by atoms with Gasteiger partial charge in [0.05, 0.1) is 38.4 Å². The van der Waals surface area contributed by atoms with Crippen LogP contribution in [0, 0.1) is 0 Å². The van der Waals surface area contributed by atoms with E-state index in [0.29, 0.717) is 13.1 Å². The first-order valence-electron chi connectivity index (χ1n) is 14.8. The van der Waals surface area contributed by atoms with Crippen molar-refractivity contribution in [2.75, 3.05) is 26.2 Å². The Labute approximate surface area is 256 Å². The van der Waals surface area contributed by atoms with E-state index in [1.807, 2.05) is 24.8 Å². The molecular weight excluding hydrogens is 556 g/mol. The van der Waals surface area contributed by atoms with Crippen molar-refractivity contribution in [1.82, 2.24) is 61.1 Å². The molecule has 1 aromatic carbocycles. The highest BCUT2D eigenvalue weighted by atomic mass is 15.2. The molecule has 8 N–H and O–H groups in total. The van der Waals surface area contributed by atoms with Crippen molar-refractivity contribution >= 4 is 11.9 Å². The van der Waals surface area contributed by atoms with Crippen LogP contribution < -0.4 is 21.3 Å². The Morgan fingerprint density at radius 1 is 0.523 bits per heavy atom. The highest BCUT2D eigenvalue weighted by Gasteiger charge is 2.04. The Bertz CT molecular complexity index is 1310. The minimum atomic E-state index is 0.540. The Kier molecular flexibility index (Phi) is 11.5.